The quantitative estimate of drug-likeness (QED) is 0.751. The summed E-state index contributed by atoms with van der Waals surface area (Å²) in [6.45, 7) is 0. The normalized spacial score (nSPS) is 16.4. The summed E-state index contributed by atoms with van der Waals surface area (Å²) >= 11 is 3.32. The second-order valence-corrected chi connectivity index (χ2v) is 8.05. The minimum absolute atomic E-state index is 0.0665. The van der Waals surface area contributed by atoms with Crippen molar-refractivity contribution in [1.82, 2.24) is 9.71 Å². The van der Waals surface area contributed by atoms with E-state index in [9.17, 15) is 13.2 Å². The van der Waals surface area contributed by atoms with Crippen molar-refractivity contribution in [3.63, 3.8) is 0 Å². The number of nitrogens with two attached hydrogens (primary N) is 1. The van der Waals surface area contributed by atoms with Crippen LogP contribution in [0.2, 0.25) is 0 Å². The molecule has 1 aliphatic rings. The molecule has 118 valence electrons. The number of amides is 1. The molecule has 0 bridgehead atoms. The van der Waals surface area contributed by atoms with Gasteiger partial charge in [-0.05, 0) is 31.0 Å². The van der Waals surface area contributed by atoms with E-state index < -0.39 is 15.9 Å². The first-order chi connectivity index (χ1) is 10.4. The number of aromatic amines is 1. The predicted molar refractivity (Wildman–Crippen MR) is 87.1 cm³/mol. The largest absolute Gasteiger partial charge is 0.364 e. The molecule has 0 radical (unpaired) electrons. The molecule has 6 nitrogen and oxygen atoms in total. The Morgan fingerprint density at radius 1 is 1.32 bits per heavy atom. The summed E-state index contributed by atoms with van der Waals surface area (Å²) in [7, 11) is -3.82. The van der Waals surface area contributed by atoms with Crippen LogP contribution >= 0.6 is 15.9 Å². The lowest BCUT2D eigenvalue weighted by Gasteiger charge is -2.12. The molecule has 8 heteroatoms. The van der Waals surface area contributed by atoms with Crippen LogP contribution in [-0.2, 0) is 10.0 Å². The molecule has 0 saturated heterocycles. The van der Waals surface area contributed by atoms with Crippen molar-refractivity contribution >= 4 is 42.8 Å². The van der Waals surface area contributed by atoms with Crippen LogP contribution in [0.4, 0.5) is 0 Å². The molecule has 1 fully saturated rings. The van der Waals surface area contributed by atoms with E-state index in [1.54, 1.807) is 18.2 Å². The van der Waals surface area contributed by atoms with Gasteiger partial charge in [0.1, 0.15) is 10.6 Å². The first-order valence-corrected chi connectivity index (χ1v) is 9.29. The van der Waals surface area contributed by atoms with Gasteiger partial charge in [0.15, 0.2) is 0 Å². The average molecular weight is 386 g/mol. The first-order valence-electron chi connectivity index (χ1n) is 7.02. The van der Waals surface area contributed by atoms with Crippen molar-refractivity contribution in [3.05, 3.63) is 28.4 Å². The molecule has 0 atom stereocenters. The molecule has 1 aliphatic carbocycles. The van der Waals surface area contributed by atoms with Gasteiger partial charge in [-0.1, -0.05) is 28.8 Å². The van der Waals surface area contributed by atoms with Crippen molar-refractivity contribution in [1.29, 1.82) is 0 Å². The fourth-order valence-corrected chi connectivity index (χ4v) is 4.95. The van der Waals surface area contributed by atoms with Gasteiger partial charge < -0.3 is 10.7 Å². The number of halogens is 1. The Morgan fingerprint density at radius 3 is 2.64 bits per heavy atom. The van der Waals surface area contributed by atoms with Crippen molar-refractivity contribution < 1.29 is 13.2 Å². The molecular weight excluding hydrogens is 370 g/mol. The molecular formula is C14H16BrN3O3S. The number of rotatable bonds is 4. The lowest BCUT2D eigenvalue weighted by Crippen LogP contribution is -2.33. The van der Waals surface area contributed by atoms with E-state index in [2.05, 4.69) is 25.6 Å². The fraction of sp³-hybridized carbons (Fsp3) is 0.357. The molecule has 0 spiro atoms. The Labute approximate surface area is 136 Å². The first kappa shape index (κ1) is 15.5. The number of hydrogen-bond donors (Lipinski definition) is 3. The smallest absolute Gasteiger partial charge is 0.266 e. The molecule has 4 N–H and O–H groups in total. The number of carbonyl (C=O) groups excluding carboxylic acids is 1. The van der Waals surface area contributed by atoms with E-state index in [-0.39, 0.29) is 16.6 Å². The standard InChI is InChI=1S/C14H16BrN3O3S/c15-8-5-6-11-10(7-8)13(12(17-11)14(16)19)22(20,21)18-9-3-1-2-4-9/h5-7,9,17-18H,1-4H2,(H2,16,19). The second kappa shape index (κ2) is 5.68. The second-order valence-electron chi connectivity index (χ2n) is 5.49. The van der Waals surface area contributed by atoms with Crippen LogP contribution < -0.4 is 10.5 Å². The molecule has 3 rings (SSSR count). The van der Waals surface area contributed by atoms with Gasteiger partial charge in [-0.3, -0.25) is 4.79 Å². The lowest BCUT2D eigenvalue weighted by molar-refractivity contribution is 0.0993. The summed E-state index contributed by atoms with van der Waals surface area (Å²) in [6, 6.07) is 5.06. The summed E-state index contributed by atoms with van der Waals surface area (Å²) in [5.41, 5.74) is 5.82. The van der Waals surface area contributed by atoms with Crippen LogP contribution in [-0.4, -0.2) is 25.4 Å². The molecule has 0 aliphatic heterocycles. The third-order valence-electron chi connectivity index (χ3n) is 3.91. The van der Waals surface area contributed by atoms with Crippen LogP contribution in [0, 0.1) is 0 Å². The highest BCUT2D eigenvalue weighted by Gasteiger charge is 2.30. The summed E-state index contributed by atoms with van der Waals surface area (Å²) in [5.74, 6) is -0.792. The number of hydrogen-bond acceptors (Lipinski definition) is 3. The zero-order valence-electron chi connectivity index (χ0n) is 11.7. The summed E-state index contributed by atoms with van der Waals surface area (Å²) in [4.78, 5) is 14.4. The highest BCUT2D eigenvalue weighted by Crippen LogP contribution is 2.30. The van der Waals surface area contributed by atoms with Crippen LogP contribution in [0.3, 0.4) is 0 Å². The van der Waals surface area contributed by atoms with Crippen molar-refractivity contribution in [2.75, 3.05) is 0 Å². The average Bonchev–Trinajstić information content (AvgIpc) is 3.04. The lowest BCUT2D eigenvalue weighted by atomic mass is 10.2. The van der Waals surface area contributed by atoms with Gasteiger partial charge in [-0.15, -0.1) is 0 Å². The molecule has 1 amide bonds. The Bertz CT molecular complexity index is 838. The fourth-order valence-electron chi connectivity index (χ4n) is 2.91. The van der Waals surface area contributed by atoms with E-state index in [1.165, 1.54) is 0 Å². The number of aromatic nitrogens is 1. The van der Waals surface area contributed by atoms with Gasteiger partial charge in [0.05, 0.1) is 0 Å². The van der Waals surface area contributed by atoms with Crippen LogP contribution in [0.1, 0.15) is 36.2 Å². The van der Waals surface area contributed by atoms with E-state index >= 15 is 0 Å². The molecule has 0 unspecified atom stereocenters. The van der Waals surface area contributed by atoms with Crippen LogP contribution in [0.5, 0.6) is 0 Å². The minimum atomic E-state index is -3.82. The Hall–Kier alpha value is -1.38. The topological polar surface area (TPSA) is 105 Å². The van der Waals surface area contributed by atoms with E-state index in [0.29, 0.717) is 10.9 Å². The van der Waals surface area contributed by atoms with E-state index in [0.717, 1.165) is 30.2 Å². The van der Waals surface area contributed by atoms with Crippen LogP contribution in [0.15, 0.2) is 27.6 Å². The number of H-pyrrole nitrogens is 1. The zero-order chi connectivity index (χ0) is 15.9. The number of sulfonamides is 1. The van der Waals surface area contributed by atoms with Gasteiger partial charge in [0.25, 0.3) is 5.91 Å². The summed E-state index contributed by atoms with van der Waals surface area (Å²) < 4.78 is 28.9. The molecule has 2 aromatic rings. The Balaban J connectivity index is 2.16. The molecule has 1 aromatic carbocycles. The zero-order valence-corrected chi connectivity index (χ0v) is 14.1. The Morgan fingerprint density at radius 2 is 2.00 bits per heavy atom. The maximum atomic E-state index is 12.7. The van der Waals surface area contributed by atoms with Gasteiger partial charge in [-0.2, -0.15) is 0 Å². The number of carbonyl (C=O) groups is 1. The third kappa shape index (κ3) is 2.78. The monoisotopic (exact) mass is 385 g/mol. The molecule has 1 aromatic heterocycles. The SMILES string of the molecule is NC(=O)c1[nH]c2ccc(Br)cc2c1S(=O)(=O)NC1CCCC1. The number of primary amides is 1. The summed E-state index contributed by atoms with van der Waals surface area (Å²) in [6.07, 6.45) is 3.65. The van der Waals surface area contributed by atoms with E-state index in [4.69, 9.17) is 5.73 Å². The molecule has 1 saturated carbocycles. The minimum Gasteiger partial charge on any atom is -0.364 e. The van der Waals surface area contributed by atoms with Crippen LogP contribution in [0.25, 0.3) is 10.9 Å². The van der Waals surface area contributed by atoms with Crippen molar-refractivity contribution in [3.8, 4) is 0 Å². The van der Waals surface area contributed by atoms with Gasteiger partial charge in [0.2, 0.25) is 10.0 Å². The van der Waals surface area contributed by atoms with E-state index in [1.807, 2.05) is 0 Å². The highest BCUT2D eigenvalue weighted by molar-refractivity contribution is 9.10. The van der Waals surface area contributed by atoms with Gasteiger partial charge in [-0.25, -0.2) is 13.1 Å². The number of fused-ring (bicyclic) bond motifs is 1. The van der Waals surface area contributed by atoms with Crippen molar-refractivity contribution in [2.24, 2.45) is 5.73 Å². The molecule has 22 heavy (non-hydrogen) atoms. The maximum absolute atomic E-state index is 12.7. The number of nitrogens with one attached hydrogen (secondary N) is 2. The maximum Gasteiger partial charge on any atom is 0.266 e. The third-order valence-corrected chi connectivity index (χ3v) is 6.00. The summed E-state index contributed by atoms with van der Waals surface area (Å²) in [5, 5.41) is 0.452. The number of benzene rings is 1. The Kier molecular flexibility index (Phi) is 4.00. The van der Waals surface area contributed by atoms with Gasteiger partial charge >= 0.3 is 0 Å². The van der Waals surface area contributed by atoms with Gasteiger partial charge in [0, 0.05) is 21.4 Å². The molecule has 1 heterocycles. The highest BCUT2D eigenvalue weighted by atomic mass is 79.9. The predicted octanol–water partition coefficient (Wildman–Crippen LogP) is 2.25. The van der Waals surface area contributed by atoms with Crippen molar-refractivity contribution in [2.45, 2.75) is 36.6 Å².